The molecule has 12 atom stereocenters. The van der Waals surface area contributed by atoms with Crippen LogP contribution in [0.1, 0.15) is 152 Å². The number of nitrogens with zero attached hydrogens (tertiary/aromatic N) is 2. The van der Waals surface area contributed by atoms with Crippen molar-refractivity contribution < 1.29 is 77.6 Å². The average Bonchev–Trinajstić information content (AvgIpc) is 4.06. The summed E-state index contributed by atoms with van der Waals surface area (Å²) in [4.78, 5) is 179. The number of unbranched alkanes of at least 4 members (excludes halogenated alkanes) is 6. The van der Waals surface area contributed by atoms with Crippen molar-refractivity contribution in [2.75, 3.05) is 13.6 Å². The second kappa shape index (κ2) is 35.6. The van der Waals surface area contributed by atoms with Crippen molar-refractivity contribution in [3.8, 4) is 0 Å². The number of rotatable bonds is 20. The van der Waals surface area contributed by atoms with E-state index < -0.39 is 180 Å². The van der Waals surface area contributed by atoms with Gasteiger partial charge in [-0.1, -0.05) is 84.8 Å². The van der Waals surface area contributed by atoms with Gasteiger partial charge in [0, 0.05) is 13.6 Å². The lowest BCUT2D eigenvalue weighted by molar-refractivity contribution is -0.151. The van der Waals surface area contributed by atoms with Crippen molar-refractivity contribution in [1.29, 1.82) is 0 Å². The summed E-state index contributed by atoms with van der Waals surface area (Å²) < 4.78 is 0. The standard InChI is InChI=1S/C55H91N13O16/c1-10-32(70)22-19-17-15-13-14-16-18-21-29(6)43-45(74)53(82)64-42(28(4)5)52(81)61-34(12-3)48(77)63-36(26-40(57)72)50(79)60-33(11-2)47(76)62-35(25-39(56)71)49(78)59-30(7)46(75)66-44(31(8)69)55(84)67(9)38(27-41(58)73)54(83)68-24-20-23-37(68)51(80)65-43/h11-12,28-32,35-38,42-45,69-70,74H,10,13-27H2,1-9H3,(H2,56,71)(H2,57,72)(H2,58,73)(H,59,78)(H,60,79)(H,61,81)(H,62,76)(H,63,77)(H,64,82)(H,65,80)(H,66,75)/b33-11-,34-12+/t29-,30+,31+,32?,35-,36-,37-,38-,42-,43+,44-,45+/m0/s1. The van der Waals surface area contributed by atoms with Gasteiger partial charge in [-0.3, -0.25) is 62.3 Å². The molecule has 2 saturated heterocycles. The van der Waals surface area contributed by atoms with Crippen LogP contribution >= 0.6 is 0 Å². The van der Waals surface area contributed by atoms with Crippen LogP contribution in [0.15, 0.2) is 23.5 Å². The number of likely N-dealkylation sites (N-methyl/N-ethyl adjacent to an activating group) is 1. The lowest BCUT2D eigenvalue weighted by atomic mass is 9.90. The van der Waals surface area contributed by atoms with Gasteiger partial charge in [0.25, 0.3) is 17.7 Å². The number of nitrogens with two attached hydrogens (primary N) is 3. The molecule has 0 bridgehead atoms. The van der Waals surface area contributed by atoms with Crippen molar-refractivity contribution in [3.63, 3.8) is 0 Å². The molecule has 2 rings (SSSR count). The molecule has 13 amide bonds. The van der Waals surface area contributed by atoms with Crippen molar-refractivity contribution in [2.45, 2.75) is 218 Å². The zero-order chi connectivity index (χ0) is 63.7. The molecular formula is C55H91N13O16. The summed E-state index contributed by atoms with van der Waals surface area (Å²) in [6.45, 7) is 11.5. The maximum Gasteiger partial charge on any atom is 0.268 e. The molecule has 2 aliphatic heterocycles. The molecule has 29 heteroatoms. The molecule has 84 heavy (non-hydrogen) atoms. The second-order valence-corrected chi connectivity index (χ2v) is 21.9. The number of carbonyl (C=O) groups is 13. The SMILES string of the molecule is C/C=C1\NC(=O)[C@H](CC(N)=O)NC(=O)/C(=C\C)NC(=O)[C@H](C(C)C)NC(=O)[C@H](O)[C@@H]([C@@H](C)CCCCCCCCCC(O)CC)NC(=O)[C@@H]2CCCN2C(=O)[C@H](CC(N)=O)N(C)C(=O)[C@H]([C@@H](C)O)NC(=O)[C@@H](C)NC(=O)[C@H](CC(N)=O)NC1=O. The van der Waals surface area contributed by atoms with E-state index in [9.17, 15) is 77.6 Å². The number of aliphatic hydroxyl groups excluding tert-OH is 3. The molecule has 2 heterocycles. The Bertz CT molecular complexity index is 2430. The van der Waals surface area contributed by atoms with E-state index in [1.807, 2.05) is 6.92 Å². The van der Waals surface area contributed by atoms with Crippen molar-refractivity contribution in [3.05, 3.63) is 23.5 Å². The van der Waals surface area contributed by atoms with Crippen molar-refractivity contribution in [1.82, 2.24) is 52.3 Å². The Labute approximate surface area is 489 Å². The number of allylic oxidation sites excluding steroid dienone is 2. The molecule has 29 nitrogen and oxygen atoms in total. The van der Waals surface area contributed by atoms with Crippen LogP contribution < -0.4 is 59.7 Å². The number of carbonyl (C=O) groups excluding carboxylic acids is 13. The quantitative estimate of drug-likeness (QED) is 0.0420. The van der Waals surface area contributed by atoms with E-state index in [1.165, 1.54) is 13.8 Å². The Morgan fingerprint density at radius 3 is 1.58 bits per heavy atom. The smallest absolute Gasteiger partial charge is 0.268 e. The minimum Gasteiger partial charge on any atom is -0.393 e. The van der Waals surface area contributed by atoms with Gasteiger partial charge in [0.05, 0.1) is 37.5 Å². The number of nitrogens with one attached hydrogen (secondary N) is 8. The molecule has 0 aromatic carbocycles. The molecule has 17 N–H and O–H groups in total. The fourth-order valence-electron chi connectivity index (χ4n) is 9.58. The number of hydrogen-bond donors (Lipinski definition) is 14. The Hall–Kier alpha value is -7.53. The molecule has 0 saturated carbocycles. The maximum absolute atomic E-state index is 14.6. The minimum absolute atomic E-state index is 0.0418. The Kier molecular flexibility index (Phi) is 30.7. The predicted octanol–water partition coefficient (Wildman–Crippen LogP) is -3.27. The highest BCUT2D eigenvalue weighted by atomic mass is 16.3. The summed E-state index contributed by atoms with van der Waals surface area (Å²) in [6.07, 6.45) is 3.61. The van der Waals surface area contributed by atoms with E-state index >= 15 is 0 Å². The first-order valence-corrected chi connectivity index (χ1v) is 28.6. The van der Waals surface area contributed by atoms with E-state index in [-0.39, 0.29) is 25.5 Å². The van der Waals surface area contributed by atoms with Crippen molar-refractivity contribution >= 4 is 76.8 Å². The number of amides is 13. The monoisotopic (exact) mass is 1190 g/mol. The molecule has 0 spiro atoms. The fraction of sp³-hybridized carbons (Fsp3) is 0.691. The first-order chi connectivity index (χ1) is 39.4. The Morgan fingerprint density at radius 2 is 1.10 bits per heavy atom. The molecule has 1 unspecified atom stereocenters. The summed E-state index contributed by atoms with van der Waals surface area (Å²) in [5.74, 6) is -15.5. The molecule has 2 fully saturated rings. The average molecular weight is 1190 g/mol. The van der Waals surface area contributed by atoms with Gasteiger partial charge in [0.1, 0.15) is 53.7 Å². The first kappa shape index (κ1) is 72.6. The zero-order valence-electron chi connectivity index (χ0n) is 49.7. The van der Waals surface area contributed by atoms with Crippen LogP contribution in [0.2, 0.25) is 0 Å². The molecular weight excluding hydrogens is 1100 g/mol. The second-order valence-electron chi connectivity index (χ2n) is 21.9. The Morgan fingerprint density at radius 1 is 0.607 bits per heavy atom. The third kappa shape index (κ3) is 22.9. The van der Waals surface area contributed by atoms with E-state index in [1.54, 1.807) is 20.8 Å². The van der Waals surface area contributed by atoms with Gasteiger partial charge in [0.15, 0.2) is 6.10 Å². The fourth-order valence-corrected chi connectivity index (χ4v) is 9.58. The molecule has 0 aliphatic carbocycles. The predicted molar refractivity (Wildman–Crippen MR) is 303 cm³/mol. The molecule has 0 aromatic rings. The van der Waals surface area contributed by atoms with Crippen LogP contribution in [0.25, 0.3) is 0 Å². The van der Waals surface area contributed by atoms with Crippen LogP contribution in [0.3, 0.4) is 0 Å². The summed E-state index contributed by atoms with van der Waals surface area (Å²) in [7, 11) is 1.09. The lowest BCUT2D eigenvalue weighted by Crippen LogP contribution is -2.62. The van der Waals surface area contributed by atoms with Gasteiger partial charge in [-0.2, -0.15) is 0 Å². The summed E-state index contributed by atoms with van der Waals surface area (Å²) >= 11 is 0. The largest absolute Gasteiger partial charge is 0.393 e. The zero-order valence-corrected chi connectivity index (χ0v) is 49.7. The topological polar surface area (TPSA) is 463 Å². The number of primary amides is 3. The summed E-state index contributed by atoms with van der Waals surface area (Å²) in [5.41, 5.74) is 15.3. The van der Waals surface area contributed by atoms with Gasteiger partial charge in [-0.25, -0.2) is 0 Å². The first-order valence-electron chi connectivity index (χ1n) is 28.6. The third-order valence-electron chi connectivity index (χ3n) is 14.7. The number of hydrogen-bond acceptors (Lipinski definition) is 16. The van der Waals surface area contributed by atoms with Crippen molar-refractivity contribution in [2.24, 2.45) is 29.0 Å². The molecule has 472 valence electrons. The van der Waals surface area contributed by atoms with Gasteiger partial charge >= 0.3 is 0 Å². The van der Waals surface area contributed by atoms with Crippen LogP contribution in [0.4, 0.5) is 0 Å². The van der Waals surface area contributed by atoms with Gasteiger partial charge in [-0.15, -0.1) is 0 Å². The van der Waals surface area contributed by atoms with E-state index in [0.717, 1.165) is 87.8 Å². The van der Waals surface area contributed by atoms with Crippen LogP contribution in [0.5, 0.6) is 0 Å². The molecule has 2 aliphatic rings. The minimum atomic E-state index is -2.04. The highest BCUT2D eigenvalue weighted by Gasteiger charge is 2.44. The highest BCUT2D eigenvalue weighted by molar-refractivity contribution is 6.05. The number of aliphatic hydroxyl groups is 3. The van der Waals surface area contributed by atoms with E-state index in [0.29, 0.717) is 19.3 Å². The highest BCUT2D eigenvalue weighted by Crippen LogP contribution is 2.24. The number of fused-ring (bicyclic) bond motifs is 1. The van der Waals surface area contributed by atoms with Gasteiger partial charge in [0.2, 0.25) is 59.1 Å². The van der Waals surface area contributed by atoms with E-state index in [4.69, 9.17) is 17.2 Å². The lowest BCUT2D eigenvalue weighted by Gasteiger charge is -2.36. The Balaban J connectivity index is 2.76. The third-order valence-corrected chi connectivity index (χ3v) is 14.7. The summed E-state index contributed by atoms with van der Waals surface area (Å²) in [6, 6.07) is -13.0. The van der Waals surface area contributed by atoms with Crippen LogP contribution in [0, 0.1) is 11.8 Å². The van der Waals surface area contributed by atoms with Gasteiger partial charge < -0.3 is 84.9 Å². The summed E-state index contributed by atoms with van der Waals surface area (Å²) in [5, 5.41) is 51.6. The van der Waals surface area contributed by atoms with Crippen LogP contribution in [-0.4, -0.2) is 182 Å². The van der Waals surface area contributed by atoms with Crippen LogP contribution in [-0.2, 0) is 62.3 Å². The van der Waals surface area contributed by atoms with E-state index in [2.05, 4.69) is 42.5 Å². The van der Waals surface area contributed by atoms with Gasteiger partial charge in [-0.05, 0) is 71.6 Å². The molecule has 0 aromatic heterocycles. The normalized spacial score (nSPS) is 26.8. The maximum atomic E-state index is 14.6. The molecule has 0 radical (unpaired) electrons.